The Morgan fingerprint density at radius 2 is 2.14 bits per heavy atom. The van der Waals surface area contributed by atoms with Crippen molar-refractivity contribution in [1.29, 1.82) is 0 Å². The number of aromatic carboxylic acids is 1. The molecule has 114 valence electrons. The number of carbonyl (C=O) groups excluding carboxylic acids is 1. The van der Waals surface area contributed by atoms with Gasteiger partial charge in [-0.25, -0.2) is 9.59 Å². The molecule has 0 heterocycles. The molecule has 1 unspecified atom stereocenters. The summed E-state index contributed by atoms with van der Waals surface area (Å²) in [6, 6.07) is 4.00. The van der Waals surface area contributed by atoms with Gasteiger partial charge in [0, 0.05) is 6.04 Å². The van der Waals surface area contributed by atoms with E-state index in [4.69, 9.17) is 16.7 Å². The topological polar surface area (TPSA) is 78.4 Å². The summed E-state index contributed by atoms with van der Waals surface area (Å²) in [7, 11) is 0. The molecule has 0 radical (unpaired) electrons. The van der Waals surface area contributed by atoms with E-state index in [9.17, 15) is 9.59 Å². The molecule has 1 saturated carbocycles. The predicted octanol–water partition coefficient (Wildman–Crippen LogP) is 3.74. The van der Waals surface area contributed by atoms with Gasteiger partial charge in [0.25, 0.3) is 0 Å². The van der Waals surface area contributed by atoms with Crippen LogP contribution in [0.4, 0.5) is 10.5 Å². The molecule has 3 N–H and O–H groups in total. The van der Waals surface area contributed by atoms with Crippen LogP contribution in [0.3, 0.4) is 0 Å². The minimum absolute atomic E-state index is 0.0831. The van der Waals surface area contributed by atoms with Gasteiger partial charge in [0.05, 0.1) is 16.3 Å². The Balaban J connectivity index is 1.97. The number of carboxylic acid groups (broad SMARTS) is 1. The van der Waals surface area contributed by atoms with Crippen LogP contribution in [-0.2, 0) is 0 Å². The van der Waals surface area contributed by atoms with Crippen molar-refractivity contribution in [2.24, 2.45) is 5.92 Å². The van der Waals surface area contributed by atoms with Crippen molar-refractivity contribution in [1.82, 2.24) is 5.32 Å². The predicted molar refractivity (Wildman–Crippen MR) is 82.0 cm³/mol. The van der Waals surface area contributed by atoms with E-state index in [1.165, 1.54) is 31.0 Å². The molecular formula is C15H19ClN2O3. The first-order valence-electron chi connectivity index (χ1n) is 7.10. The molecule has 2 rings (SSSR count). The van der Waals surface area contributed by atoms with Gasteiger partial charge in [-0.15, -0.1) is 0 Å². The first kappa shape index (κ1) is 15.6. The van der Waals surface area contributed by atoms with Crippen molar-refractivity contribution in [3.63, 3.8) is 0 Å². The maximum atomic E-state index is 12.0. The second-order valence-corrected chi connectivity index (χ2v) is 5.79. The number of nitrogens with one attached hydrogen (secondary N) is 2. The van der Waals surface area contributed by atoms with Crippen LogP contribution >= 0.6 is 11.6 Å². The van der Waals surface area contributed by atoms with Crippen LogP contribution in [0.15, 0.2) is 18.2 Å². The number of anilines is 1. The van der Waals surface area contributed by atoms with E-state index in [-0.39, 0.29) is 17.6 Å². The maximum absolute atomic E-state index is 12.0. The fraction of sp³-hybridized carbons (Fsp3) is 0.467. The number of carbonyl (C=O) groups is 2. The molecule has 0 aromatic heterocycles. The highest BCUT2D eigenvalue weighted by Crippen LogP contribution is 2.34. The Kier molecular flexibility index (Phi) is 5.07. The van der Waals surface area contributed by atoms with Gasteiger partial charge in [-0.05, 0) is 37.0 Å². The zero-order valence-electron chi connectivity index (χ0n) is 11.9. The number of halogens is 1. The average molecular weight is 311 g/mol. The number of hydrogen-bond donors (Lipinski definition) is 3. The van der Waals surface area contributed by atoms with Crippen molar-refractivity contribution in [3.8, 4) is 0 Å². The molecule has 5 nitrogen and oxygen atoms in total. The molecule has 1 aliphatic rings. The van der Waals surface area contributed by atoms with Crippen molar-refractivity contribution >= 4 is 29.3 Å². The molecule has 0 aliphatic heterocycles. The summed E-state index contributed by atoms with van der Waals surface area (Å²) in [6.07, 6.45) is 4.35. The molecule has 21 heavy (non-hydrogen) atoms. The van der Waals surface area contributed by atoms with E-state index in [2.05, 4.69) is 10.6 Å². The van der Waals surface area contributed by atoms with Crippen molar-refractivity contribution < 1.29 is 14.7 Å². The SMILES string of the molecule is CCC(CC1CC1)NC(=O)Nc1cc(C(=O)O)ccc1Cl. The number of carboxylic acids is 1. The Bertz CT molecular complexity index is 544. The van der Waals surface area contributed by atoms with Crippen LogP contribution in [0.2, 0.25) is 5.02 Å². The van der Waals surface area contributed by atoms with Crippen LogP contribution in [0.1, 0.15) is 43.0 Å². The lowest BCUT2D eigenvalue weighted by atomic mass is 10.1. The van der Waals surface area contributed by atoms with Gasteiger partial charge in [-0.1, -0.05) is 31.4 Å². The van der Waals surface area contributed by atoms with Crippen LogP contribution < -0.4 is 10.6 Å². The molecule has 1 fully saturated rings. The minimum atomic E-state index is -1.06. The van der Waals surface area contributed by atoms with Gasteiger partial charge in [0.15, 0.2) is 0 Å². The monoisotopic (exact) mass is 310 g/mol. The van der Waals surface area contributed by atoms with Gasteiger partial charge in [0.2, 0.25) is 0 Å². The largest absolute Gasteiger partial charge is 0.478 e. The third-order valence-electron chi connectivity index (χ3n) is 3.60. The summed E-state index contributed by atoms with van der Waals surface area (Å²) in [4.78, 5) is 22.9. The first-order valence-corrected chi connectivity index (χ1v) is 7.47. The third kappa shape index (κ3) is 4.63. The van der Waals surface area contributed by atoms with Crippen LogP contribution in [0.25, 0.3) is 0 Å². The molecule has 0 saturated heterocycles. The van der Waals surface area contributed by atoms with Gasteiger partial charge in [-0.2, -0.15) is 0 Å². The molecule has 0 bridgehead atoms. The summed E-state index contributed by atoms with van der Waals surface area (Å²) in [5.74, 6) is -0.329. The van der Waals surface area contributed by atoms with Gasteiger partial charge < -0.3 is 15.7 Å². The van der Waals surface area contributed by atoms with E-state index in [0.717, 1.165) is 18.8 Å². The number of urea groups is 1. The highest BCUT2D eigenvalue weighted by atomic mass is 35.5. The van der Waals surface area contributed by atoms with E-state index < -0.39 is 5.97 Å². The van der Waals surface area contributed by atoms with Gasteiger partial charge >= 0.3 is 12.0 Å². The first-order chi connectivity index (χ1) is 9.99. The van der Waals surface area contributed by atoms with Crippen LogP contribution in [-0.4, -0.2) is 23.1 Å². The second kappa shape index (κ2) is 6.80. The third-order valence-corrected chi connectivity index (χ3v) is 3.93. The van der Waals surface area contributed by atoms with Crippen molar-refractivity contribution in [2.45, 2.75) is 38.6 Å². The summed E-state index contributed by atoms with van der Waals surface area (Å²) >= 11 is 5.97. The molecule has 1 aliphatic carbocycles. The fourth-order valence-corrected chi connectivity index (χ4v) is 2.35. The lowest BCUT2D eigenvalue weighted by molar-refractivity contribution is 0.0697. The molecular weight excluding hydrogens is 292 g/mol. The lowest BCUT2D eigenvalue weighted by Crippen LogP contribution is -2.38. The summed E-state index contributed by atoms with van der Waals surface area (Å²) in [5, 5.41) is 14.8. The quantitative estimate of drug-likeness (QED) is 0.749. The van der Waals surface area contributed by atoms with Gasteiger partial charge in [0.1, 0.15) is 0 Å². The highest BCUT2D eigenvalue weighted by Gasteiger charge is 2.25. The number of hydrogen-bond acceptors (Lipinski definition) is 2. The number of benzene rings is 1. The normalized spacial score (nSPS) is 15.3. The van der Waals surface area contributed by atoms with E-state index >= 15 is 0 Å². The standard InChI is InChI=1S/C15H19ClN2O3/c1-2-11(7-9-3-4-9)17-15(21)18-13-8-10(14(19)20)5-6-12(13)16/h5-6,8-9,11H,2-4,7H2,1H3,(H,19,20)(H2,17,18,21). The molecule has 1 aromatic carbocycles. The summed E-state index contributed by atoms with van der Waals surface area (Å²) in [5.41, 5.74) is 0.384. The minimum Gasteiger partial charge on any atom is -0.478 e. The average Bonchev–Trinajstić information content (AvgIpc) is 3.24. The Labute approximate surface area is 128 Å². The lowest BCUT2D eigenvalue weighted by Gasteiger charge is -2.17. The summed E-state index contributed by atoms with van der Waals surface area (Å²) in [6.45, 7) is 2.03. The Hall–Kier alpha value is -1.75. The number of rotatable bonds is 6. The zero-order valence-corrected chi connectivity index (χ0v) is 12.6. The highest BCUT2D eigenvalue weighted by molar-refractivity contribution is 6.33. The second-order valence-electron chi connectivity index (χ2n) is 5.38. The molecule has 0 spiro atoms. The van der Waals surface area contributed by atoms with E-state index in [1.54, 1.807) is 0 Å². The van der Waals surface area contributed by atoms with Gasteiger partial charge in [-0.3, -0.25) is 0 Å². The zero-order chi connectivity index (χ0) is 15.4. The van der Waals surface area contributed by atoms with Crippen LogP contribution in [0, 0.1) is 5.92 Å². The molecule has 2 amide bonds. The maximum Gasteiger partial charge on any atom is 0.335 e. The summed E-state index contributed by atoms with van der Waals surface area (Å²) < 4.78 is 0. The number of amides is 2. The Morgan fingerprint density at radius 3 is 2.71 bits per heavy atom. The smallest absolute Gasteiger partial charge is 0.335 e. The fourth-order valence-electron chi connectivity index (χ4n) is 2.18. The van der Waals surface area contributed by atoms with Crippen LogP contribution in [0.5, 0.6) is 0 Å². The van der Waals surface area contributed by atoms with E-state index in [0.29, 0.717) is 10.7 Å². The molecule has 1 atom stereocenters. The molecule has 6 heteroatoms. The molecule has 1 aromatic rings. The van der Waals surface area contributed by atoms with E-state index in [1.807, 2.05) is 6.92 Å². The van der Waals surface area contributed by atoms with Crippen molar-refractivity contribution in [3.05, 3.63) is 28.8 Å². The Morgan fingerprint density at radius 1 is 1.43 bits per heavy atom. The van der Waals surface area contributed by atoms with Crippen molar-refractivity contribution in [2.75, 3.05) is 5.32 Å².